The molecule has 1 rings (SSSR count). The Balaban J connectivity index is 2.37. The smallest absolute Gasteiger partial charge is 0.226 e. The SMILES string of the molecule is C[C@H](CS)C(=O)N1CCC(CC(N)=O)CC1. The van der Waals surface area contributed by atoms with Crippen LogP contribution in [0.2, 0.25) is 0 Å². The molecular weight excluding hydrogens is 224 g/mol. The largest absolute Gasteiger partial charge is 0.370 e. The van der Waals surface area contributed by atoms with Gasteiger partial charge >= 0.3 is 0 Å². The molecule has 4 nitrogen and oxygen atoms in total. The van der Waals surface area contributed by atoms with Crippen LogP contribution in [0.15, 0.2) is 0 Å². The third kappa shape index (κ3) is 3.70. The predicted molar refractivity (Wildman–Crippen MR) is 66.1 cm³/mol. The number of hydrogen-bond acceptors (Lipinski definition) is 3. The second-order valence-electron chi connectivity index (χ2n) is 4.52. The summed E-state index contributed by atoms with van der Waals surface area (Å²) in [5.41, 5.74) is 5.16. The summed E-state index contributed by atoms with van der Waals surface area (Å²) in [6, 6.07) is 0. The summed E-state index contributed by atoms with van der Waals surface area (Å²) in [6.07, 6.45) is 2.21. The summed E-state index contributed by atoms with van der Waals surface area (Å²) in [6.45, 7) is 3.38. The Morgan fingerprint density at radius 2 is 2.00 bits per heavy atom. The first kappa shape index (κ1) is 13.4. The molecule has 1 saturated heterocycles. The highest BCUT2D eigenvalue weighted by Crippen LogP contribution is 2.21. The van der Waals surface area contributed by atoms with E-state index in [4.69, 9.17) is 5.73 Å². The van der Waals surface area contributed by atoms with Crippen LogP contribution < -0.4 is 5.73 Å². The maximum Gasteiger partial charge on any atom is 0.226 e. The number of carbonyl (C=O) groups is 2. The third-order valence-corrected chi connectivity index (χ3v) is 3.66. The van der Waals surface area contributed by atoms with E-state index in [9.17, 15) is 9.59 Å². The molecule has 0 radical (unpaired) electrons. The normalized spacial score (nSPS) is 19.5. The van der Waals surface area contributed by atoms with E-state index in [2.05, 4.69) is 12.6 Å². The topological polar surface area (TPSA) is 63.4 Å². The lowest BCUT2D eigenvalue weighted by atomic mass is 9.93. The molecule has 0 aromatic rings. The van der Waals surface area contributed by atoms with Gasteiger partial charge in [-0.25, -0.2) is 0 Å². The highest BCUT2D eigenvalue weighted by atomic mass is 32.1. The molecule has 0 bridgehead atoms. The highest BCUT2D eigenvalue weighted by molar-refractivity contribution is 7.80. The second kappa shape index (κ2) is 6.13. The zero-order valence-corrected chi connectivity index (χ0v) is 10.6. The van der Waals surface area contributed by atoms with Gasteiger partial charge in [0.1, 0.15) is 0 Å². The van der Waals surface area contributed by atoms with Crippen LogP contribution in [0.25, 0.3) is 0 Å². The molecule has 0 saturated carbocycles. The summed E-state index contributed by atoms with van der Waals surface area (Å²) in [5.74, 6) is 0.852. The zero-order chi connectivity index (χ0) is 12.1. The van der Waals surface area contributed by atoms with Crippen molar-refractivity contribution in [3.8, 4) is 0 Å². The van der Waals surface area contributed by atoms with Crippen LogP contribution in [0, 0.1) is 11.8 Å². The van der Waals surface area contributed by atoms with Crippen molar-refractivity contribution >= 4 is 24.4 Å². The van der Waals surface area contributed by atoms with Crippen molar-refractivity contribution in [2.75, 3.05) is 18.8 Å². The quantitative estimate of drug-likeness (QED) is 0.714. The van der Waals surface area contributed by atoms with Crippen LogP contribution in [0.1, 0.15) is 26.2 Å². The molecule has 1 atom stereocenters. The summed E-state index contributed by atoms with van der Waals surface area (Å²) >= 11 is 4.13. The fourth-order valence-electron chi connectivity index (χ4n) is 2.03. The lowest BCUT2D eigenvalue weighted by Crippen LogP contribution is -2.42. The van der Waals surface area contributed by atoms with Gasteiger partial charge in [0.2, 0.25) is 11.8 Å². The minimum Gasteiger partial charge on any atom is -0.370 e. The van der Waals surface area contributed by atoms with E-state index in [1.54, 1.807) is 0 Å². The molecule has 2 N–H and O–H groups in total. The van der Waals surface area contributed by atoms with Gasteiger partial charge in [0, 0.05) is 31.2 Å². The van der Waals surface area contributed by atoms with Gasteiger partial charge in [-0.2, -0.15) is 12.6 Å². The molecule has 0 aromatic carbocycles. The first-order chi connectivity index (χ1) is 7.54. The van der Waals surface area contributed by atoms with Crippen LogP contribution >= 0.6 is 12.6 Å². The molecule has 1 heterocycles. The number of rotatable bonds is 4. The molecule has 0 spiro atoms. The predicted octanol–water partition coefficient (Wildman–Crippen LogP) is 0.666. The van der Waals surface area contributed by atoms with Crippen molar-refractivity contribution < 1.29 is 9.59 Å². The Bertz CT molecular complexity index is 263. The van der Waals surface area contributed by atoms with E-state index < -0.39 is 0 Å². The Hall–Kier alpha value is -0.710. The van der Waals surface area contributed by atoms with Gasteiger partial charge in [0.15, 0.2) is 0 Å². The first-order valence-electron chi connectivity index (χ1n) is 5.72. The average molecular weight is 244 g/mol. The van der Waals surface area contributed by atoms with Crippen molar-refractivity contribution in [1.82, 2.24) is 4.90 Å². The molecule has 2 amide bonds. The van der Waals surface area contributed by atoms with E-state index >= 15 is 0 Å². The van der Waals surface area contributed by atoms with Crippen molar-refractivity contribution in [1.29, 1.82) is 0 Å². The van der Waals surface area contributed by atoms with E-state index in [0.717, 1.165) is 25.9 Å². The number of thiol groups is 1. The fourth-order valence-corrected chi connectivity index (χ4v) is 2.19. The number of primary amides is 1. The number of nitrogens with zero attached hydrogens (tertiary/aromatic N) is 1. The molecule has 16 heavy (non-hydrogen) atoms. The van der Waals surface area contributed by atoms with Gasteiger partial charge in [-0.15, -0.1) is 0 Å². The van der Waals surface area contributed by atoms with E-state index in [0.29, 0.717) is 18.1 Å². The molecule has 1 aliphatic rings. The molecule has 92 valence electrons. The standard InChI is InChI=1S/C11H20N2O2S/c1-8(7-16)11(15)13-4-2-9(3-5-13)6-10(12)14/h8-9,16H,2-7H2,1H3,(H2,12,14)/t8-/m1/s1. The highest BCUT2D eigenvalue weighted by Gasteiger charge is 2.25. The molecule has 1 fully saturated rings. The van der Waals surface area contributed by atoms with Gasteiger partial charge in [0.05, 0.1) is 0 Å². The van der Waals surface area contributed by atoms with E-state index in [1.807, 2.05) is 11.8 Å². The minimum atomic E-state index is -0.242. The third-order valence-electron chi connectivity index (χ3n) is 3.11. The zero-order valence-electron chi connectivity index (χ0n) is 9.69. The number of likely N-dealkylation sites (tertiary alicyclic amines) is 1. The second-order valence-corrected chi connectivity index (χ2v) is 4.89. The van der Waals surface area contributed by atoms with E-state index in [-0.39, 0.29) is 17.7 Å². The molecule has 5 heteroatoms. The number of nitrogens with two attached hydrogens (primary N) is 1. The monoisotopic (exact) mass is 244 g/mol. The molecular formula is C11H20N2O2S. The van der Waals surface area contributed by atoms with Crippen molar-refractivity contribution in [3.05, 3.63) is 0 Å². The number of piperidine rings is 1. The van der Waals surface area contributed by atoms with Crippen molar-refractivity contribution in [3.63, 3.8) is 0 Å². The number of carbonyl (C=O) groups excluding carboxylic acids is 2. The molecule has 0 aromatic heterocycles. The van der Waals surface area contributed by atoms with Crippen LogP contribution in [-0.2, 0) is 9.59 Å². The molecule has 0 aliphatic carbocycles. The van der Waals surface area contributed by atoms with Crippen molar-refractivity contribution in [2.45, 2.75) is 26.2 Å². The number of amides is 2. The van der Waals surface area contributed by atoms with Gasteiger partial charge in [-0.1, -0.05) is 6.92 Å². The maximum atomic E-state index is 11.8. The first-order valence-corrected chi connectivity index (χ1v) is 6.35. The van der Waals surface area contributed by atoms with Gasteiger partial charge in [-0.3, -0.25) is 9.59 Å². The van der Waals surface area contributed by atoms with Crippen LogP contribution in [0.3, 0.4) is 0 Å². The maximum absolute atomic E-state index is 11.8. The van der Waals surface area contributed by atoms with Gasteiger partial charge in [-0.05, 0) is 18.8 Å². The average Bonchev–Trinajstić information content (AvgIpc) is 2.27. The van der Waals surface area contributed by atoms with Gasteiger partial charge in [0.25, 0.3) is 0 Å². The molecule has 0 unspecified atom stereocenters. The number of hydrogen-bond donors (Lipinski definition) is 2. The lowest BCUT2D eigenvalue weighted by molar-refractivity contribution is -0.135. The van der Waals surface area contributed by atoms with Crippen LogP contribution in [0.4, 0.5) is 0 Å². The fraction of sp³-hybridized carbons (Fsp3) is 0.818. The summed E-state index contributed by atoms with van der Waals surface area (Å²) in [7, 11) is 0. The minimum absolute atomic E-state index is 0.0176. The van der Waals surface area contributed by atoms with Crippen LogP contribution in [0.5, 0.6) is 0 Å². The summed E-state index contributed by atoms with van der Waals surface area (Å²) in [4.78, 5) is 24.5. The molecule has 1 aliphatic heterocycles. The Labute approximate surface area is 102 Å². The summed E-state index contributed by atoms with van der Waals surface area (Å²) in [5, 5.41) is 0. The van der Waals surface area contributed by atoms with E-state index in [1.165, 1.54) is 0 Å². The van der Waals surface area contributed by atoms with Gasteiger partial charge < -0.3 is 10.6 Å². The summed E-state index contributed by atoms with van der Waals surface area (Å²) < 4.78 is 0. The Morgan fingerprint density at radius 3 is 2.44 bits per heavy atom. The lowest BCUT2D eigenvalue weighted by Gasteiger charge is -2.33. The Kier molecular flexibility index (Phi) is 5.12. The van der Waals surface area contributed by atoms with Crippen molar-refractivity contribution in [2.24, 2.45) is 17.6 Å². The Morgan fingerprint density at radius 1 is 1.44 bits per heavy atom. The van der Waals surface area contributed by atoms with Crippen LogP contribution in [-0.4, -0.2) is 35.6 Å².